The van der Waals surface area contributed by atoms with Crippen molar-refractivity contribution in [2.75, 3.05) is 4.90 Å². The maximum atomic E-state index is 9.48. The molecule has 0 bridgehead atoms. The second-order valence-corrected chi connectivity index (χ2v) is 14.4. The second kappa shape index (κ2) is 15.1. The number of nitrogens with zero attached hydrogens (tertiary/aromatic N) is 3. The van der Waals surface area contributed by atoms with Gasteiger partial charge >= 0.3 is 0 Å². The molecule has 0 radical (unpaired) electrons. The van der Waals surface area contributed by atoms with Crippen LogP contribution in [0.4, 0.5) is 17.1 Å². The van der Waals surface area contributed by atoms with E-state index in [1.807, 2.05) is 133 Å². The Labute approximate surface area is 344 Å². The fourth-order valence-electron chi connectivity index (χ4n) is 6.94. The molecule has 2 aromatic heterocycles. The van der Waals surface area contributed by atoms with Crippen LogP contribution in [-0.2, 0) is 0 Å². The van der Waals surface area contributed by atoms with Crippen molar-refractivity contribution in [3.05, 3.63) is 212 Å². The van der Waals surface area contributed by atoms with Gasteiger partial charge < -0.3 is 9.32 Å². The molecule has 0 aliphatic heterocycles. The van der Waals surface area contributed by atoms with E-state index in [2.05, 4.69) is 41.3 Å². The summed E-state index contributed by atoms with van der Waals surface area (Å²) < 4.78 is 61.5. The van der Waals surface area contributed by atoms with Gasteiger partial charge in [-0.15, -0.1) is 0 Å². The monoisotopic (exact) mass is 755 g/mol. The normalized spacial score (nSPS) is 12.7. The van der Waals surface area contributed by atoms with Gasteiger partial charge in [0.1, 0.15) is 11.2 Å². The molecular weight excluding hydrogens is 715 g/mol. The van der Waals surface area contributed by atoms with Gasteiger partial charge in [0, 0.05) is 44.5 Å². The summed E-state index contributed by atoms with van der Waals surface area (Å²) in [6.07, 6.45) is 1.68. The first-order valence-corrected chi connectivity index (χ1v) is 19.3. The summed E-state index contributed by atoms with van der Waals surface area (Å²) in [6, 6.07) is 54.0. The van der Waals surface area contributed by atoms with E-state index >= 15 is 0 Å². The zero-order valence-corrected chi connectivity index (χ0v) is 31.2. The van der Waals surface area contributed by atoms with Crippen LogP contribution in [0.1, 0.15) is 8.22 Å². The maximum Gasteiger partial charge on any atom is 0.163 e. The molecule has 57 heavy (non-hydrogen) atoms. The van der Waals surface area contributed by atoms with Crippen molar-refractivity contribution in [2.24, 2.45) is 0 Å². The minimum atomic E-state index is -0.400. The van der Waals surface area contributed by atoms with Crippen molar-refractivity contribution in [1.29, 1.82) is 0 Å². The highest BCUT2D eigenvalue weighted by molar-refractivity contribution is 7.99. The summed E-state index contributed by atoms with van der Waals surface area (Å²) in [7, 11) is 0. The topological polar surface area (TPSA) is 42.2 Å². The highest BCUT2D eigenvalue weighted by Gasteiger charge is 2.18. The number of fused-ring (bicyclic) bond motifs is 3. The van der Waals surface area contributed by atoms with Crippen LogP contribution in [0.15, 0.2) is 227 Å². The molecule has 10 rings (SSSR count). The van der Waals surface area contributed by atoms with Crippen molar-refractivity contribution in [1.82, 2.24) is 9.97 Å². The lowest BCUT2D eigenvalue weighted by atomic mass is 10.0. The van der Waals surface area contributed by atoms with E-state index in [9.17, 15) is 4.11 Å². The first kappa shape index (κ1) is 28.2. The highest BCUT2D eigenvalue weighted by Crippen LogP contribution is 2.41. The average molecular weight is 756 g/mol. The largest absolute Gasteiger partial charge is 0.455 e. The first-order valence-electron chi connectivity index (χ1n) is 21.5. The van der Waals surface area contributed by atoms with E-state index in [4.69, 9.17) is 18.5 Å². The van der Waals surface area contributed by atoms with Crippen LogP contribution in [-0.4, -0.2) is 9.97 Å². The molecule has 0 saturated carbocycles. The first-order chi connectivity index (χ1) is 30.8. The van der Waals surface area contributed by atoms with Gasteiger partial charge in [0.2, 0.25) is 0 Å². The molecule has 0 spiro atoms. The summed E-state index contributed by atoms with van der Waals surface area (Å²) in [5.74, 6) is 0.103. The molecule has 0 aliphatic carbocycles. The third kappa shape index (κ3) is 6.86. The molecule has 0 N–H and O–H groups in total. The molecule has 10 aromatic rings. The lowest BCUT2D eigenvalue weighted by molar-refractivity contribution is 0.669. The Morgan fingerprint density at radius 3 is 1.74 bits per heavy atom. The molecule has 0 saturated heterocycles. The van der Waals surface area contributed by atoms with Gasteiger partial charge in [-0.05, 0) is 88.9 Å². The Morgan fingerprint density at radius 2 is 1.07 bits per heavy atom. The zero-order chi connectivity index (χ0) is 43.2. The van der Waals surface area contributed by atoms with Gasteiger partial charge in [-0.2, -0.15) is 0 Å². The Morgan fingerprint density at radius 1 is 0.509 bits per heavy atom. The van der Waals surface area contributed by atoms with Crippen molar-refractivity contribution in [2.45, 2.75) is 9.79 Å². The van der Waals surface area contributed by atoms with Crippen molar-refractivity contribution >= 4 is 50.8 Å². The summed E-state index contributed by atoms with van der Waals surface area (Å²) in [5.41, 5.74) is 7.19. The lowest BCUT2D eigenvalue weighted by Gasteiger charge is -2.26. The molecule has 8 aromatic carbocycles. The van der Waals surface area contributed by atoms with Crippen LogP contribution in [0.3, 0.4) is 0 Å². The lowest BCUT2D eigenvalue weighted by Crippen LogP contribution is -2.09. The number of aromatic nitrogens is 2. The van der Waals surface area contributed by atoms with E-state index < -0.39 is 6.04 Å². The molecule has 0 unspecified atom stereocenters. The van der Waals surface area contributed by atoms with Gasteiger partial charge in [0.25, 0.3) is 0 Å². The third-order valence-electron chi connectivity index (χ3n) is 9.72. The van der Waals surface area contributed by atoms with E-state index in [0.717, 1.165) is 43.5 Å². The number of furan rings is 1. The van der Waals surface area contributed by atoms with Gasteiger partial charge in [0.15, 0.2) is 5.82 Å². The minimum Gasteiger partial charge on any atom is -0.455 e. The smallest absolute Gasteiger partial charge is 0.163 e. The highest BCUT2D eigenvalue weighted by atomic mass is 32.2. The van der Waals surface area contributed by atoms with E-state index in [1.54, 1.807) is 6.20 Å². The van der Waals surface area contributed by atoms with Crippen LogP contribution >= 0.6 is 11.8 Å². The Hall–Kier alpha value is -7.21. The van der Waals surface area contributed by atoms with Crippen LogP contribution < -0.4 is 4.90 Å². The quantitative estimate of drug-likeness (QED) is 0.147. The molecule has 2 heterocycles. The third-order valence-corrected chi connectivity index (χ3v) is 10.7. The van der Waals surface area contributed by atoms with Gasteiger partial charge in [-0.3, -0.25) is 0 Å². The number of hydrogen-bond acceptors (Lipinski definition) is 5. The van der Waals surface area contributed by atoms with Crippen molar-refractivity contribution in [3.8, 4) is 44.9 Å². The summed E-state index contributed by atoms with van der Waals surface area (Å²) in [4.78, 5) is 13.6. The van der Waals surface area contributed by atoms with Crippen molar-refractivity contribution in [3.63, 3.8) is 0 Å². The fraction of sp³-hybridized carbons (Fsp3) is 0. The molecule has 4 nitrogen and oxygen atoms in total. The predicted molar refractivity (Wildman–Crippen MR) is 236 cm³/mol. The van der Waals surface area contributed by atoms with Crippen molar-refractivity contribution < 1.29 is 12.6 Å². The Kier molecular flexibility index (Phi) is 7.50. The SMILES string of the molecule is [2H]c1c([2H])c([2H])c2c(oc3c([2H])c(-c4ccc(N(c5ccccc5)c5ccc(-c6ccccc6)cc5)cc4)c([2H])c([2H])c32)c1-c1ncc(Sc2ccccc2)c(-c2ccccc2)n1. The molecule has 5 heteroatoms. The average Bonchev–Trinajstić information content (AvgIpc) is 3.74. The zero-order valence-electron chi connectivity index (χ0n) is 36.4. The second-order valence-electron chi connectivity index (χ2n) is 13.3. The van der Waals surface area contributed by atoms with Gasteiger partial charge in [-0.25, -0.2) is 9.97 Å². The fourth-order valence-corrected chi connectivity index (χ4v) is 7.85. The van der Waals surface area contributed by atoms with E-state index in [-0.39, 0.29) is 69.1 Å². The summed E-state index contributed by atoms with van der Waals surface area (Å²) in [5, 5.41) is 0.133. The molecule has 0 amide bonds. The Balaban J connectivity index is 1.09. The molecule has 0 atom stereocenters. The number of rotatable bonds is 9. The predicted octanol–water partition coefficient (Wildman–Crippen LogP) is 14.7. The number of para-hydroxylation sites is 2. The van der Waals surface area contributed by atoms with E-state index in [1.165, 1.54) is 11.8 Å². The molecule has 0 aliphatic rings. The van der Waals surface area contributed by atoms with E-state index in [0.29, 0.717) is 11.3 Å². The Bertz CT molecular complexity index is 3300. The standard InChI is InChI=1S/C52H35N3OS/c1-5-14-36(15-6-1)37-24-29-42(30-25-37)55(41-18-9-3-10-19-41)43-31-26-38(27-32-43)40-28-33-45-46-22-13-23-47(51(46)56-48(45)34-40)52-53-35-49(57-44-20-11-4-12-21-44)50(54-52)39-16-7-2-8-17-39/h1-35H/i13D,22D,23D,28D,33D,34D. The molecule has 270 valence electrons. The number of hydrogen-bond donors (Lipinski definition) is 0. The molecular formula is C52H35N3OS. The minimum absolute atomic E-state index is 0.0177. The molecule has 0 fully saturated rings. The van der Waals surface area contributed by atoms with Crippen LogP contribution in [0, 0.1) is 0 Å². The van der Waals surface area contributed by atoms with Crippen LogP contribution in [0.2, 0.25) is 0 Å². The van der Waals surface area contributed by atoms with Gasteiger partial charge in [-0.1, -0.05) is 151 Å². The summed E-state index contributed by atoms with van der Waals surface area (Å²) in [6.45, 7) is 0. The van der Waals surface area contributed by atoms with Crippen LogP contribution in [0.25, 0.3) is 66.8 Å². The summed E-state index contributed by atoms with van der Waals surface area (Å²) >= 11 is 1.50. The number of benzene rings is 8. The number of anilines is 3. The maximum absolute atomic E-state index is 9.48. The van der Waals surface area contributed by atoms with Gasteiger partial charge in [0.05, 0.1) is 24.4 Å². The van der Waals surface area contributed by atoms with Crippen LogP contribution in [0.5, 0.6) is 0 Å².